The molecule has 9 nitrogen and oxygen atoms in total. The number of aliphatic carboxylic acids is 1. The van der Waals surface area contributed by atoms with Crippen molar-refractivity contribution in [2.75, 3.05) is 18.1 Å². The van der Waals surface area contributed by atoms with Gasteiger partial charge in [0.15, 0.2) is 0 Å². The van der Waals surface area contributed by atoms with Crippen LogP contribution in [0.2, 0.25) is 0 Å². The van der Waals surface area contributed by atoms with Gasteiger partial charge >= 0.3 is 5.97 Å². The molecule has 1 fully saturated rings. The maximum Gasteiger partial charge on any atom is 0.305 e. The molecule has 200 valence electrons. The zero-order valence-corrected chi connectivity index (χ0v) is 21.8. The number of hydrogen-bond donors (Lipinski definition) is 1. The fraction of sp³-hybridized carbons (Fsp3) is 0.367. The first-order valence-corrected chi connectivity index (χ1v) is 13.6. The lowest BCUT2D eigenvalue weighted by molar-refractivity contribution is -0.137. The number of carboxylic acids is 1. The number of anilines is 1. The van der Waals surface area contributed by atoms with Crippen LogP contribution in [0.3, 0.4) is 0 Å². The number of ether oxygens (including phenoxy) is 1. The lowest BCUT2D eigenvalue weighted by atomic mass is 9.96. The van der Waals surface area contributed by atoms with Crippen molar-refractivity contribution < 1.29 is 19.4 Å². The fourth-order valence-electron chi connectivity index (χ4n) is 5.60. The van der Waals surface area contributed by atoms with Crippen molar-refractivity contribution in [3.8, 4) is 5.75 Å². The number of carboxylic acid groups (broad SMARTS) is 1. The number of amides is 1. The van der Waals surface area contributed by atoms with Crippen LogP contribution >= 0.6 is 0 Å². The van der Waals surface area contributed by atoms with Crippen LogP contribution in [-0.4, -0.2) is 49.9 Å². The average molecular weight is 526 g/mol. The maximum absolute atomic E-state index is 12.2. The SMILES string of the molecule is O=C(O)CC(c1ccnc(N2CCCC2=O)c1)n1ncc2cc(OCCc3ccc4c(n3)CCCC4)ccc21. The molecule has 39 heavy (non-hydrogen) atoms. The van der Waals surface area contributed by atoms with Crippen molar-refractivity contribution in [2.24, 2.45) is 0 Å². The molecule has 6 rings (SSSR count). The molecule has 1 aliphatic carbocycles. The number of carbonyl (C=O) groups is 2. The second-order valence-electron chi connectivity index (χ2n) is 10.2. The third-order valence-electron chi connectivity index (χ3n) is 7.60. The molecule has 1 amide bonds. The summed E-state index contributed by atoms with van der Waals surface area (Å²) >= 11 is 0. The van der Waals surface area contributed by atoms with Gasteiger partial charge < -0.3 is 9.84 Å². The Bertz CT molecular complexity index is 1530. The molecule has 1 aliphatic heterocycles. The predicted molar refractivity (Wildman–Crippen MR) is 146 cm³/mol. The van der Waals surface area contributed by atoms with Crippen molar-refractivity contribution in [1.29, 1.82) is 0 Å². The molecule has 1 N–H and O–H groups in total. The summed E-state index contributed by atoms with van der Waals surface area (Å²) in [6.45, 7) is 1.14. The van der Waals surface area contributed by atoms with Gasteiger partial charge in [0.25, 0.3) is 0 Å². The second kappa shape index (κ2) is 10.8. The lowest BCUT2D eigenvalue weighted by Gasteiger charge is -2.20. The summed E-state index contributed by atoms with van der Waals surface area (Å²) in [4.78, 5) is 34.9. The number of rotatable bonds is 9. The molecule has 0 radical (unpaired) electrons. The summed E-state index contributed by atoms with van der Waals surface area (Å²) in [5.41, 5.74) is 5.21. The minimum atomic E-state index is -0.935. The van der Waals surface area contributed by atoms with Crippen molar-refractivity contribution in [1.82, 2.24) is 19.7 Å². The Kier molecular flexibility index (Phi) is 6.96. The van der Waals surface area contributed by atoms with E-state index in [1.807, 2.05) is 18.2 Å². The molecule has 2 aliphatic rings. The van der Waals surface area contributed by atoms with Gasteiger partial charge in [-0.3, -0.25) is 24.2 Å². The summed E-state index contributed by atoms with van der Waals surface area (Å²) < 4.78 is 7.78. The highest BCUT2D eigenvalue weighted by molar-refractivity contribution is 5.94. The van der Waals surface area contributed by atoms with E-state index in [2.05, 4.69) is 22.2 Å². The Labute approximate surface area is 226 Å². The Morgan fingerprint density at radius 1 is 1.05 bits per heavy atom. The van der Waals surface area contributed by atoms with Crippen LogP contribution in [0.25, 0.3) is 10.9 Å². The second-order valence-corrected chi connectivity index (χ2v) is 10.2. The third kappa shape index (κ3) is 5.34. The number of fused-ring (bicyclic) bond motifs is 2. The Hall–Kier alpha value is -4.27. The van der Waals surface area contributed by atoms with Gasteiger partial charge in [0, 0.05) is 42.4 Å². The Morgan fingerprint density at radius 2 is 1.95 bits per heavy atom. The molecule has 0 spiro atoms. The molecule has 4 aromatic rings. The predicted octanol–water partition coefficient (Wildman–Crippen LogP) is 4.52. The average Bonchev–Trinajstić information content (AvgIpc) is 3.57. The first-order chi connectivity index (χ1) is 19.0. The normalized spacial score (nSPS) is 15.9. The molecule has 1 atom stereocenters. The van der Waals surface area contributed by atoms with Gasteiger partial charge in [0.2, 0.25) is 5.91 Å². The summed E-state index contributed by atoms with van der Waals surface area (Å²) in [5, 5.41) is 15.1. The summed E-state index contributed by atoms with van der Waals surface area (Å²) in [7, 11) is 0. The molecule has 3 aromatic heterocycles. The summed E-state index contributed by atoms with van der Waals surface area (Å²) in [6.07, 6.45) is 9.87. The topological polar surface area (TPSA) is 110 Å². The van der Waals surface area contributed by atoms with Gasteiger partial charge in [-0.2, -0.15) is 5.10 Å². The van der Waals surface area contributed by atoms with E-state index in [1.54, 1.807) is 34.1 Å². The van der Waals surface area contributed by atoms with Crippen molar-refractivity contribution in [3.05, 3.63) is 77.4 Å². The molecule has 1 unspecified atom stereocenters. The Morgan fingerprint density at radius 3 is 2.79 bits per heavy atom. The molecule has 9 heteroatoms. The van der Waals surface area contributed by atoms with Gasteiger partial charge in [-0.05, 0) is 79.6 Å². The van der Waals surface area contributed by atoms with E-state index in [-0.39, 0.29) is 12.3 Å². The molecular weight excluding hydrogens is 494 g/mol. The first-order valence-electron chi connectivity index (χ1n) is 13.6. The minimum absolute atomic E-state index is 0.0360. The largest absolute Gasteiger partial charge is 0.493 e. The summed E-state index contributed by atoms with van der Waals surface area (Å²) in [6, 6.07) is 13.1. The van der Waals surface area contributed by atoms with E-state index in [4.69, 9.17) is 9.72 Å². The minimum Gasteiger partial charge on any atom is -0.493 e. The van der Waals surface area contributed by atoms with E-state index >= 15 is 0 Å². The third-order valence-corrected chi connectivity index (χ3v) is 7.60. The molecule has 1 saturated heterocycles. The standard InChI is InChI=1S/C30H31N5O4/c36-29-6-3-14-34(29)28-17-21(11-13-31-28)27(18-30(37)38)35-26-10-9-24(16-22(26)19-32-35)39-15-12-23-8-7-20-4-1-2-5-25(20)33-23/h7-11,13,16-17,19,27H,1-6,12,14-15,18H2,(H,37,38). The first kappa shape index (κ1) is 25.0. The number of benzene rings is 1. The van der Waals surface area contributed by atoms with Gasteiger partial charge in [0.1, 0.15) is 11.6 Å². The Balaban J connectivity index is 1.19. The maximum atomic E-state index is 12.2. The number of nitrogens with zero attached hydrogens (tertiary/aromatic N) is 5. The van der Waals surface area contributed by atoms with Crippen molar-refractivity contribution in [3.63, 3.8) is 0 Å². The zero-order valence-electron chi connectivity index (χ0n) is 21.8. The van der Waals surface area contributed by atoms with Crippen molar-refractivity contribution in [2.45, 2.75) is 57.4 Å². The highest BCUT2D eigenvalue weighted by Gasteiger charge is 2.26. The molecule has 4 heterocycles. The highest BCUT2D eigenvalue weighted by Crippen LogP contribution is 2.31. The number of hydrogen-bond acceptors (Lipinski definition) is 6. The van der Waals surface area contributed by atoms with Gasteiger partial charge in [0.05, 0.1) is 30.8 Å². The number of aryl methyl sites for hydroxylation is 2. The van der Waals surface area contributed by atoms with Crippen LogP contribution < -0.4 is 9.64 Å². The highest BCUT2D eigenvalue weighted by atomic mass is 16.5. The lowest BCUT2D eigenvalue weighted by Crippen LogP contribution is -2.25. The van der Waals surface area contributed by atoms with E-state index in [0.717, 1.165) is 53.6 Å². The molecule has 0 saturated carbocycles. The van der Waals surface area contributed by atoms with Crippen LogP contribution in [0.15, 0.2) is 54.9 Å². The van der Waals surface area contributed by atoms with E-state index in [0.29, 0.717) is 25.4 Å². The molecular formula is C30H31N5O4. The monoisotopic (exact) mass is 525 g/mol. The molecule has 1 aromatic carbocycles. The van der Waals surface area contributed by atoms with E-state index < -0.39 is 12.0 Å². The van der Waals surface area contributed by atoms with Crippen LogP contribution in [0.4, 0.5) is 5.82 Å². The van der Waals surface area contributed by atoms with Crippen molar-refractivity contribution >= 4 is 28.6 Å². The number of aromatic nitrogens is 4. The number of pyridine rings is 2. The van der Waals surface area contributed by atoms with Gasteiger partial charge in [-0.1, -0.05) is 6.07 Å². The van der Waals surface area contributed by atoms with Crippen LogP contribution in [0.5, 0.6) is 5.75 Å². The van der Waals surface area contributed by atoms with Crippen LogP contribution in [-0.2, 0) is 28.9 Å². The van der Waals surface area contributed by atoms with Gasteiger partial charge in [-0.15, -0.1) is 0 Å². The quantitative estimate of drug-likeness (QED) is 0.342. The smallest absolute Gasteiger partial charge is 0.305 e. The van der Waals surface area contributed by atoms with Gasteiger partial charge in [-0.25, -0.2) is 4.98 Å². The molecule has 0 bridgehead atoms. The van der Waals surface area contributed by atoms with E-state index in [1.165, 1.54) is 24.1 Å². The van der Waals surface area contributed by atoms with E-state index in [9.17, 15) is 14.7 Å². The zero-order chi connectivity index (χ0) is 26.8. The number of carbonyl (C=O) groups excluding carboxylic acids is 1. The van der Waals surface area contributed by atoms with Crippen LogP contribution in [0, 0.1) is 0 Å². The van der Waals surface area contributed by atoms with Crippen LogP contribution in [0.1, 0.15) is 60.7 Å². The fourth-order valence-corrected chi connectivity index (χ4v) is 5.60. The summed E-state index contributed by atoms with van der Waals surface area (Å²) in [5.74, 6) is 0.378.